The summed E-state index contributed by atoms with van der Waals surface area (Å²) in [5, 5.41) is 0. The average molecular weight is 454 g/mol. The summed E-state index contributed by atoms with van der Waals surface area (Å²) in [5.41, 5.74) is 2.85. The molecule has 0 fully saturated rings. The van der Waals surface area contributed by atoms with Gasteiger partial charge in [0.1, 0.15) is 0 Å². The van der Waals surface area contributed by atoms with E-state index in [-0.39, 0.29) is 21.2 Å². The molecule has 0 amide bonds. The molecule has 0 saturated carbocycles. The van der Waals surface area contributed by atoms with Gasteiger partial charge in [-0.15, -0.1) is 0 Å². The summed E-state index contributed by atoms with van der Waals surface area (Å²) in [5.74, 6) is 0. The minimum atomic E-state index is -10.7. The molecule has 0 spiro atoms. The van der Waals surface area contributed by atoms with Crippen LogP contribution in [0.5, 0.6) is 0 Å². The van der Waals surface area contributed by atoms with E-state index < -0.39 is 7.81 Å². The van der Waals surface area contributed by atoms with Gasteiger partial charge in [0.15, 0.2) is 7.14 Å². The quantitative estimate of drug-likeness (QED) is 0.368. The summed E-state index contributed by atoms with van der Waals surface area (Å²) in [6, 6.07) is 17.4. The van der Waals surface area contributed by atoms with Crippen molar-refractivity contribution in [2.75, 3.05) is 0 Å². The number of halogens is 7. The number of hydrogen-bond acceptors (Lipinski definition) is 0. The predicted molar refractivity (Wildman–Crippen MR) is 73.3 cm³/mol. The van der Waals surface area contributed by atoms with Crippen molar-refractivity contribution in [3.8, 4) is 0 Å². The van der Waals surface area contributed by atoms with Gasteiger partial charge in [0.25, 0.3) is 0 Å². The van der Waals surface area contributed by atoms with Crippen molar-refractivity contribution in [2.24, 2.45) is 0 Å². The van der Waals surface area contributed by atoms with Gasteiger partial charge in [-0.25, -0.2) is 0 Å². The molecular formula is C14H14F6IP. The fourth-order valence-corrected chi connectivity index (χ4v) is 4.03. The van der Waals surface area contributed by atoms with Crippen LogP contribution in [0.3, 0.4) is 0 Å². The zero-order chi connectivity index (χ0) is 17.1. The Hall–Kier alpha value is -0.820. The Labute approximate surface area is 135 Å². The second-order valence-electron chi connectivity index (χ2n) is 4.55. The molecule has 0 aliphatic carbocycles. The molecule has 0 radical (unpaired) electrons. The van der Waals surface area contributed by atoms with Gasteiger partial charge in [-0.3, -0.25) is 0 Å². The molecule has 0 saturated heterocycles. The van der Waals surface area contributed by atoms with Gasteiger partial charge >= 0.3 is 54.2 Å². The Morgan fingerprint density at radius 1 is 0.636 bits per heavy atom. The summed E-state index contributed by atoms with van der Waals surface area (Å²) >= 11 is -0.0147. The maximum atomic E-state index is 9.87. The molecule has 0 unspecified atom stereocenters. The molecule has 124 valence electrons. The monoisotopic (exact) mass is 454 g/mol. The number of rotatable bonds is 2. The van der Waals surface area contributed by atoms with Crippen molar-refractivity contribution in [2.45, 2.75) is 13.8 Å². The Bertz CT molecular complexity index is 596. The summed E-state index contributed by atoms with van der Waals surface area (Å²) in [6.07, 6.45) is 0. The van der Waals surface area contributed by atoms with E-state index >= 15 is 0 Å². The van der Waals surface area contributed by atoms with Gasteiger partial charge in [-0.05, 0) is 26.0 Å². The van der Waals surface area contributed by atoms with Crippen LogP contribution < -0.4 is 21.2 Å². The Kier molecular flexibility index (Phi) is 5.24. The van der Waals surface area contributed by atoms with Crippen LogP contribution in [0.4, 0.5) is 25.2 Å². The molecular weight excluding hydrogens is 440 g/mol. The topological polar surface area (TPSA) is 0 Å². The molecule has 2 rings (SSSR count). The molecule has 22 heavy (non-hydrogen) atoms. The van der Waals surface area contributed by atoms with Crippen molar-refractivity contribution >= 4 is 7.81 Å². The first kappa shape index (κ1) is 19.2. The van der Waals surface area contributed by atoms with E-state index in [9.17, 15) is 25.2 Å². The van der Waals surface area contributed by atoms with Gasteiger partial charge in [0, 0.05) is 11.1 Å². The molecule has 0 bridgehead atoms. The van der Waals surface area contributed by atoms with Crippen molar-refractivity contribution in [3.05, 3.63) is 66.8 Å². The molecule has 0 heterocycles. The molecule has 0 aliphatic rings. The SMILES string of the molecule is Cc1ccccc1[I+]c1ccccc1C.F[P-](F)(F)(F)(F)F. The number of aryl methyl sites for hydroxylation is 2. The van der Waals surface area contributed by atoms with Crippen LogP contribution in [0.2, 0.25) is 0 Å². The normalized spacial score (nSPS) is 14.4. The third-order valence-electron chi connectivity index (χ3n) is 2.36. The number of hydrogen-bond donors (Lipinski definition) is 0. The van der Waals surface area contributed by atoms with Gasteiger partial charge in [0.2, 0.25) is 0 Å². The van der Waals surface area contributed by atoms with Crippen LogP contribution in [0.25, 0.3) is 0 Å². The van der Waals surface area contributed by atoms with Gasteiger partial charge in [0.05, 0.1) is 0 Å². The first-order valence-electron chi connectivity index (χ1n) is 6.05. The van der Waals surface area contributed by atoms with Gasteiger partial charge in [-0.2, -0.15) is 0 Å². The minimum absolute atomic E-state index is 0.0147. The van der Waals surface area contributed by atoms with E-state index in [1.54, 1.807) is 0 Å². The Morgan fingerprint density at radius 2 is 0.909 bits per heavy atom. The fourth-order valence-electron chi connectivity index (χ4n) is 1.42. The summed E-state index contributed by atoms with van der Waals surface area (Å²) in [7, 11) is -10.7. The zero-order valence-electron chi connectivity index (χ0n) is 11.7. The Morgan fingerprint density at radius 3 is 1.18 bits per heavy atom. The van der Waals surface area contributed by atoms with E-state index in [0.29, 0.717) is 0 Å². The van der Waals surface area contributed by atoms with E-state index in [1.165, 1.54) is 18.3 Å². The molecule has 0 nitrogen and oxygen atoms in total. The van der Waals surface area contributed by atoms with Crippen molar-refractivity contribution < 1.29 is 46.4 Å². The molecule has 0 aromatic heterocycles. The predicted octanol–water partition coefficient (Wildman–Crippen LogP) is 3.81. The van der Waals surface area contributed by atoms with E-state index in [4.69, 9.17) is 0 Å². The second kappa shape index (κ2) is 6.00. The van der Waals surface area contributed by atoms with Crippen LogP contribution in [0.15, 0.2) is 48.5 Å². The van der Waals surface area contributed by atoms with E-state index in [1.807, 2.05) is 0 Å². The third-order valence-corrected chi connectivity index (χ3v) is 5.94. The average Bonchev–Trinajstić information content (AvgIpc) is 2.31. The summed E-state index contributed by atoms with van der Waals surface area (Å²) in [4.78, 5) is 0. The first-order valence-corrected chi connectivity index (χ1v) is 10.2. The molecule has 0 N–H and O–H groups in total. The summed E-state index contributed by atoms with van der Waals surface area (Å²) < 4.78 is 62.3. The van der Waals surface area contributed by atoms with Crippen molar-refractivity contribution in [1.29, 1.82) is 0 Å². The van der Waals surface area contributed by atoms with Crippen LogP contribution in [0.1, 0.15) is 11.1 Å². The molecule has 0 atom stereocenters. The standard InChI is InChI=1S/C14H14I.F6P/c1-11-7-3-5-9-13(11)15-14-10-6-4-8-12(14)2;1-7(2,3,4,5)6/h3-10H,1-2H3;/q+1;-1. The zero-order valence-corrected chi connectivity index (χ0v) is 14.8. The van der Waals surface area contributed by atoms with Crippen LogP contribution in [-0.2, 0) is 0 Å². The van der Waals surface area contributed by atoms with Crippen molar-refractivity contribution in [1.82, 2.24) is 0 Å². The van der Waals surface area contributed by atoms with E-state index in [2.05, 4.69) is 62.4 Å². The fraction of sp³-hybridized carbons (Fsp3) is 0.143. The maximum absolute atomic E-state index is 10.7. The van der Waals surface area contributed by atoms with Gasteiger partial charge in [-0.1, -0.05) is 36.4 Å². The van der Waals surface area contributed by atoms with E-state index in [0.717, 1.165) is 0 Å². The molecule has 0 aliphatic heterocycles. The molecule has 2 aromatic rings. The van der Waals surface area contributed by atoms with Gasteiger partial charge < -0.3 is 0 Å². The van der Waals surface area contributed by atoms with Crippen molar-refractivity contribution in [3.63, 3.8) is 0 Å². The van der Waals surface area contributed by atoms with Crippen LogP contribution in [0, 0.1) is 21.0 Å². The summed E-state index contributed by atoms with van der Waals surface area (Å²) in [6.45, 7) is 4.40. The number of benzene rings is 2. The molecule has 2 aromatic carbocycles. The second-order valence-corrected chi connectivity index (χ2v) is 9.33. The molecule has 8 heteroatoms. The Balaban J connectivity index is 0.000000295. The van der Waals surface area contributed by atoms with Crippen LogP contribution in [-0.4, -0.2) is 0 Å². The van der Waals surface area contributed by atoms with Crippen LogP contribution >= 0.6 is 7.81 Å². The first-order chi connectivity index (χ1) is 9.72. The third kappa shape index (κ3) is 10.00.